The Morgan fingerprint density at radius 2 is 0.882 bits per heavy atom. The minimum absolute atomic E-state index is 0.0162. The van der Waals surface area contributed by atoms with Crippen LogP contribution in [0.5, 0.6) is 0 Å². The lowest BCUT2D eigenvalue weighted by molar-refractivity contribution is -0.137. The number of halogens is 3. The number of hydrogen-bond donors (Lipinski definition) is 0. The molecule has 8 aromatic carbocycles. The van der Waals surface area contributed by atoms with Crippen molar-refractivity contribution in [3.05, 3.63) is 236 Å². The summed E-state index contributed by atoms with van der Waals surface area (Å²) < 4.78 is 53.7. The zero-order chi connectivity index (χ0) is 45.9. The predicted octanol–water partition coefficient (Wildman–Crippen LogP) is 16.6. The van der Waals surface area contributed by atoms with E-state index in [1.807, 2.05) is 182 Å². The van der Waals surface area contributed by atoms with Crippen molar-refractivity contribution in [3.63, 3.8) is 0 Å². The lowest BCUT2D eigenvalue weighted by atomic mass is 9.96. The first-order valence-corrected chi connectivity index (χ1v) is 22.2. The molecule has 0 bridgehead atoms. The normalized spacial score (nSPS) is 11.7. The van der Waals surface area contributed by atoms with Crippen molar-refractivity contribution in [2.24, 2.45) is 0 Å². The molecule has 0 aliphatic heterocycles. The van der Waals surface area contributed by atoms with E-state index in [4.69, 9.17) is 16.5 Å². The minimum Gasteiger partial charge on any atom is -0.309 e. The lowest BCUT2D eigenvalue weighted by Gasteiger charge is -2.24. The average Bonchev–Trinajstić information content (AvgIpc) is 3.90. The van der Waals surface area contributed by atoms with E-state index in [1.54, 1.807) is 45.5 Å². The predicted molar refractivity (Wildman–Crippen MR) is 269 cm³/mol. The highest BCUT2D eigenvalue weighted by Crippen LogP contribution is 2.48. The van der Waals surface area contributed by atoms with Gasteiger partial charge in [-0.2, -0.15) is 13.2 Å². The topological polar surface area (TPSA) is 40.0 Å². The third-order valence-electron chi connectivity index (χ3n) is 12.9. The van der Waals surface area contributed by atoms with Crippen LogP contribution in [0.2, 0.25) is 0 Å². The van der Waals surface area contributed by atoms with Gasteiger partial charge in [-0.25, -0.2) is 4.85 Å². The van der Waals surface area contributed by atoms with Crippen LogP contribution in [-0.2, 0) is 6.18 Å². The van der Waals surface area contributed by atoms with E-state index in [0.717, 1.165) is 66.3 Å². The van der Waals surface area contributed by atoms with Gasteiger partial charge in [0.25, 0.3) is 0 Å². The molecule has 0 radical (unpaired) electrons. The minimum atomic E-state index is -4.86. The van der Waals surface area contributed by atoms with Crippen LogP contribution in [0.4, 0.5) is 18.9 Å². The van der Waals surface area contributed by atoms with Crippen LogP contribution in [0.3, 0.4) is 0 Å². The van der Waals surface area contributed by atoms with Crippen molar-refractivity contribution in [1.82, 2.24) is 19.1 Å². The summed E-state index contributed by atoms with van der Waals surface area (Å²) in [6, 6.07) is 65.1. The van der Waals surface area contributed by atoms with Crippen LogP contribution in [0.1, 0.15) is 5.56 Å². The fourth-order valence-electron chi connectivity index (χ4n) is 9.75. The second-order valence-electron chi connectivity index (χ2n) is 16.8. The molecule has 4 aromatic heterocycles. The van der Waals surface area contributed by atoms with Gasteiger partial charge in [0, 0.05) is 61.8 Å². The highest BCUT2D eigenvalue weighted by atomic mass is 19.4. The summed E-state index contributed by atoms with van der Waals surface area (Å²) in [6.07, 6.45) is -1.18. The summed E-state index contributed by atoms with van der Waals surface area (Å²) in [4.78, 5) is 13.2. The van der Waals surface area contributed by atoms with Gasteiger partial charge in [-0.3, -0.25) is 9.97 Å². The maximum absolute atomic E-state index is 16.7. The molecule has 0 fully saturated rings. The Balaban J connectivity index is 1.09. The van der Waals surface area contributed by atoms with Gasteiger partial charge in [0.2, 0.25) is 0 Å². The Bertz CT molecular complexity index is 3940. The van der Waals surface area contributed by atoms with E-state index < -0.39 is 11.7 Å². The van der Waals surface area contributed by atoms with Crippen molar-refractivity contribution in [3.8, 4) is 67.3 Å². The molecular formula is C60H36F3N5. The smallest absolute Gasteiger partial charge is 0.309 e. The molecular weight excluding hydrogens is 848 g/mol. The maximum Gasteiger partial charge on any atom is 0.420 e. The number of hydrogen-bond acceptors (Lipinski definition) is 2. The summed E-state index contributed by atoms with van der Waals surface area (Å²) in [5.74, 6) is 0. The first-order valence-electron chi connectivity index (χ1n) is 22.2. The fourth-order valence-corrected chi connectivity index (χ4v) is 9.75. The molecule has 8 heteroatoms. The highest BCUT2D eigenvalue weighted by molar-refractivity contribution is 6.13. The molecule has 0 spiro atoms. The van der Waals surface area contributed by atoms with E-state index in [9.17, 15) is 0 Å². The Morgan fingerprint density at radius 3 is 1.41 bits per heavy atom. The molecule has 0 atom stereocenters. The third kappa shape index (κ3) is 6.79. The van der Waals surface area contributed by atoms with E-state index in [2.05, 4.69) is 4.85 Å². The van der Waals surface area contributed by atoms with Gasteiger partial charge in [0.1, 0.15) is 5.56 Å². The van der Waals surface area contributed by atoms with Gasteiger partial charge < -0.3 is 9.13 Å². The molecule has 12 rings (SSSR count). The average molecular weight is 884 g/mol. The molecule has 0 unspecified atom stereocenters. The molecule has 322 valence electrons. The van der Waals surface area contributed by atoms with Crippen molar-refractivity contribution in [1.29, 1.82) is 0 Å². The molecule has 0 aliphatic rings. The molecule has 0 saturated carbocycles. The Labute approximate surface area is 389 Å². The molecule has 12 aromatic rings. The third-order valence-corrected chi connectivity index (χ3v) is 12.9. The highest BCUT2D eigenvalue weighted by Gasteiger charge is 2.40. The van der Waals surface area contributed by atoms with Gasteiger partial charge in [0.15, 0.2) is 5.69 Å². The maximum atomic E-state index is 16.7. The van der Waals surface area contributed by atoms with E-state index in [0.29, 0.717) is 38.9 Å². The van der Waals surface area contributed by atoms with Crippen molar-refractivity contribution >= 4 is 49.3 Å². The molecule has 4 heterocycles. The molecule has 0 aliphatic carbocycles. The van der Waals surface area contributed by atoms with Gasteiger partial charge in [-0.1, -0.05) is 146 Å². The van der Waals surface area contributed by atoms with Crippen LogP contribution in [-0.4, -0.2) is 19.1 Å². The standard InChI is InChI=1S/C60H36F3N5/c1-64-45-18-12-17-42(33-45)46-27-32-57(67-53-21-10-8-19-47(53)49-34-40(25-30-55(49)67)43-23-28-51(65-36-43)38-13-4-2-5-14-38)58(60(61,62)63)59(46)68-54-22-11-9-20-48(54)50-35-41(26-31-56(50)68)44-24-29-52(66-37-44)39-15-6-3-7-16-39/h2-37H. The zero-order valence-electron chi connectivity index (χ0n) is 36.2. The van der Waals surface area contributed by atoms with Crippen molar-refractivity contribution < 1.29 is 13.2 Å². The van der Waals surface area contributed by atoms with Gasteiger partial charge in [-0.15, -0.1) is 0 Å². The number of pyridine rings is 2. The molecule has 0 amide bonds. The van der Waals surface area contributed by atoms with Crippen LogP contribution >= 0.6 is 0 Å². The number of nitrogens with zero attached hydrogens (tertiary/aromatic N) is 5. The van der Waals surface area contributed by atoms with Crippen LogP contribution < -0.4 is 0 Å². The van der Waals surface area contributed by atoms with Crippen LogP contribution in [0.25, 0.3) is 116 Å². The van der Waals surface area contributed by atoms with Crippen molar-refractivity contribution in [2.45, 2.75) is 6.18 Å². The summed E-state index contributed by atoms with van der Waals surface area (Å²) >= 11 is 0. The van der Waals surface area contributed by atoms with Crippen LogP contribution in [0.15, 0.2) is 219 Å². The molecule has 0 saturated heterocycles. The SMILES string of the molecule is [C-]#[N+]c1cccc(-c2ccc(-n3c4ccccc4c4cc(-c5ccc(-c6ccccc6)nc5)ccc43)c(C(F)(F)F)c2-n2c3ccccc3c3cc(-c4ccc(-c5ccccc5)nc4)ccc32)c1. The quantitative estimate of drug-likeness (QED) is 0.150. The largest absolute Gasteiger partial charge is 0.420 e. The van der Waals surface area contributed by atoms with Crippen LogP contribution in [0, 0.1) is 6.57 Å². The summed E-state index contributed by atoms with van der Waals surface area (Å²) in [5.41, 5.74) is 10.1. The number of fused-ring (bicyclic) bond motifs is 6. The lowest BCUT2D eigenvalue weighted by Crippen LogP contribution is -2.16. The Morgan fingerprint density at radius 1 is 0.397 bits per heavy atom. The number of para-hydroxylation sites is 2. The monoisotopic (exact) mass is 883 g/mol. The van der Waals surface area contributed by atoms with E-state index in [1.165, 1.54) is 0 Å². The van der Waals surface area contributed by atoms with Crippen molar-refractivity contribution in [2.75, 3.05) is 0 Å². The van der Waals surface area contributed by atoms with Gasteiger partial charge >= 0.3 is 6.18 Å². The molecule has 0 N–H and O–H groups in total. The van der Waals surface area contributed by atoms with Gasteiger partial charge in [0.05, 0.1) is 51.4 Å². The first-order chi connectivity index (χ1) is 33.3. The summed E-state index contributed by atoms with van der Waals surface area (Å²) in [5, 5.41) is 3.22. The number of alkyl halides is 3. The van der Waals surface area contributed by atoms with Gasteiger partial charge in [-0.05, 0) is 77.4 Å². The first kappa shape index (κ1) is 40.4. The molecule has 68 heavy (non-hydrogen) atoms. The summed E-state index contributed by atoms with van der Waals surface area (Å²) in [6.45, 7) is 7.83. The van der Waals surface area contributed by atoms with E-state index >= 15 is 13.2 Å². The Hall–Kier alpha value is -9.06. The zero-order valence-corrected chi connectivity index (χ0v) is 36.2. The Kier molecular flexibility index (Phi) is 9.59. The number of rotatable bonds is 7. The van der Waals surface area contributed by atoms with E-state index in [-0.39, 0.29) is 11.4 Å². The second kappa shape index (κ2) is 16.1. The molecule has 5 nitrogen and oxygen atoms in total. The summed E-state index contributed by atoms with van der Waals surface area (Å²) in [7, 11) is 0. The fraction of sp³-hybridized carbons (Fsp3) is 0.0167. The second-order valence-corrected chi connectivity index (χ2v) is 16.8. The number of benzene rings is 8. The number of aromatic nitrogens is 4.